The second-order valence-corrected chi connectivity index (χ2v) is 4.50. The van der Waals surface area contributed by atoms with Crippen LogP contribution >= 0.6 is 0 Å². The summed E-state index contributed by atoms with van der Waals surface area (Å²) in [5, 5.41) is 12.8. The van der Waals surface area contributed by atoms with Crippen molar-refractivity contribution in [3.63, 3.8) is 0 Å². The number of rotatable bonds is 4. The number of nitrogens with zero attached hydrogens (tertiary/aromatic N) is 4. The van der Waals surface area contributed by atoms with Crippen molar-refractivity contribution in [3.05, 3.63) is 23.7 Å². The van der Waals surface area contributed by atoms with Crippen LogP contribution in [0.4, 0.5) is 5.69 Å². The van der Waals surface area contributed by atoms with E-state index in [0.29, 0.717) is 11.6 Å². The normalized spacial score (nSPS) is 10.8. The highest BCUT2D eigenvalue weighted by molar-refractivity contribution is 5.91. The Morgan fingerprint density at radius 3 is 2.70 bits per heavy atom. The van der Waals surface area contributed by atoms with Gasteiger partial charge >= 0.3 is 5.97 Å². The largest absolute Gasteiger partial charge is 0.476 e. The Labute approximate surface area is 115 Å². The lowest BCUT2D eigenvalue weighted by Gasteiger charge is -2.10. The molecular formula is C12H15N5O3. The maximum absolute atomic E-state index is 10.9. The minimum atomic E-state index is -1.20. The molecule has 0 aliphatic heterocycles. The van der Waals surface area contributed by atoms with Crippen molar-refractivity contribution in [2.75, 3.05) is 5.73 Å². The van der Waals surface area contributed by atoms with Crippen LogP contribution in [0.25, 0.3) is 5.95 Å². The molecule has 8 heteroatoms. The lowest BCUT2D eigenvalue weighted by atomic mass is 10.4. The summed E-state index contributed by atoms with van der Waals surface area (Å²) in [6.45, 7) is 5.54. The Hall–Kier alpha value is -2.64. The van der Waals surface area contributed by atoms with Gasteiger partial charge in [0.15, 0.2) is 5.69 Å². The fourth-order valence-electron chi connectivity index (χ4n) is 1.58. The van der Waals surface area contributed by atoms with Crippen molar-refractivity contribution in [1.82, 2.24) is 19.7 Å². The highest BCUT2D eigenvalue weighted by atomic mass is 16.5. The third kappa shape index (κ3) is 2.85. The SMILES string of the molecule is Cc1cc(OC(C)C)nc(-n2cc(N)c(C(=O)O)n2)n1. The second kappa shape index (κ2) is 5.16. The molecule has 0 radical (unpaired) electrons. The molecule has 0 bridgehead atoms. The summed E-state index contributed by atoms with van der Waals surface area (Å²) < 4.78 is 6.72. The summed E-state index contributed by atoms with van der Waals surface area (Å²) in [7, 11) is 0. The predicted octanol–water partition coefficient (Wildman–Crippen LogP) is 1.04. The van der Waals surface area contributed by atoms with Crippen LogP contribution in [0.3, 0.4) is 0 Å². The van der Waals surface area contributed by atoms with Crippen molar-refractivity contribution in [2.45, 2.75) is 26.9 Å². The molecular weight excluding hydrogens is 262 g/mol. The molecule has 2 aromatic heterocycles. The van der Waals surface area contributed by atoms with Gasteiger partial charge in [-0.25, -0.2) is 14.5 Å². The maximum atomic E-state index is 10.9. The molecule has 2 rings (SSSR count). The Kier molecular flexibility index (Phi) is 3.55. The van der Waals surface area contributed by atoms with Crippen LogP contribution in [0, 0.1) is 6.92 Å². The van der Waals surface area contributed by atoms with Crippen LogP contribution in [0.2, 0.25) is 0 Å². The van der Waals surface area contributed by atoms with Gasteiger partial charge in [-0.15, -0.1) is 0 Å². The lowest BCUT2D eigenvalue weighted by Crippen LogP contribution is -2.11. The summed E-state index contributed by atoms with van der Waals surface area (Å²) in [5.74, 6) is -0.596. The predicted molar refractivity (Wildman–Crippen MR) is 71.0 cm³/mol. The van der Waals surface area contributed by atoms with Gasteiger partial charge in [-0.2, -0.15) is 10.1 Å². The van der Waals surface area contributed by atoms with Crippen molar-refractivity contribution in [3.8, 4) is 11.8 Å². The van der Waals surface area contributed by atoms with Gasteiger partial charge in [-0.05, 0) is 20.8 Å². The first-order chi connectivity index (χ1) is 9.36. The molecule has 2 heterocycles. The second-order valence-electron chi connectivity index (χ2n) is 4.50. The first-order valence-electron chi connectivity index (χ1n) is 5.98. The number of nitrogens with two attached hydrogens (primary N) is 1. The number of anilines is 1. The van der Waals surface area contributed by atoms with Gasteiger partial charge in [0.05, 0.1) is 18.0 Å². The van der Waals surface area contributed by atoms with Crippen LogP contribution in [0.15, 0.2) is 12.3 Å². The van der Waals surface area contributed by atoms with Gasteiger partial charge < -0.3 is 15.6 Å². The van der Waals surface area contributed by atoms with Crippen LogP contribution < -0.4 is 10.5 Å². The van der Waals surface area contributed by atoms with E-state index in [2.05, 4.69) is 15.1 Å². The number of nitrogen functional groups attached to an aromatic ring is 1. The van der Waals surface area contributed by atoms with Gasteiger partial charge in [-0.3, -0.25) is 0 Å². The molecule has 20 heavy (non-hydrogen) atoms. The molecule has 0 saturated carbocycles. The zero-order chi connectivity index (χ0) is 14.9. The first kappa shape index (κ1) is 13.8. The van der Waals surface area contributed by atoms with E-state index < -0.39 is 5.97 Å². The molecule has 0 aliphatic rings. The molecule has 0 atom stereocenters. The number of hydrogen-bond donors (Lipinski definition) is 2. The quantitative estimate of drug-likeness (QED) is 0.857. The smallest absolute Gasteiger partial charge is 0.358 e. The number of aromatic nitrogens is 4. The highest BCUT2D eigenvalue weighted by Crippen LogP contribution is 2.16. The van der Waals surface area contributed by atoms with Crippen molar-refractivity contribution < 1.29 is 14.6 Å². The van der Waals surface area contributed by atoms with Gasteiger partial charge in [0.1, 0.15) is 0 Å². The minimum Gasteiger partial charge on any atom is -0.476 e. The fourth-order valence-corrected chi connectivity index (χ4v) is 1.58. The number of carbonyl (C=O) groups is 1. The van der Waals surface area contributed by atoms with Crippen LogP contribution in [0.5, 0.6) is 5.88 Å². The summed E-state index contributed by atoms with van der Waals surface area (Å²) in [5.41, 5.74) is 6.08. The summed E-state index contributed by atoms with van der Waals surface area (Å²) >= 11 is 0. The molecule has 0 aliphatic carbocycles. The first-order valence-corrected chi connectivity index (χ1v) is 5.98. The molecule has 3 N–H and O–H groups in total. The summed E-state index contributed by atoms with van der Waals surface area (Å²) in [4.78, 5) is 19.3. The number of carboxylic acids is 1. The molecule has 0 aromatic carbocycles. The number of ether oxygens (including phenoxy) is 1. The maximum Gasteiger partial charge on any atom is 0.358 e. The van der Waals surface area contributed by atoms with Gasteiger partial charge in [0.2, 0.25) is 5.88 Å². The van der Waals surface area contributed by atoms with E-state index in [-0.39, 0.29) is 23.4 Å². The third-order valence-corrected chi connectivity index (χ3v) is 2.33. The van der Waals surface area contributed by atoms with E-state index in [1.165, 1.54) is 10.9 Å². The molecule has 0 unspecified atom stereocenters. The van der Waals surface area contributed by atoms with E-state index in [9.17, 15) is 4.79 Å². The summed E-state index contributed by atoms with van der Waals surface area (Å²) in [6, 6.07) is 1.69. The van der Waals surface area contributed by atoms with Crippen LogP contribution in [-0.4, -0.2) is 36.9 Å². The van der Waals surface area contributed by atoms with Crippen molar-refractivity contribution in [1.29, 1.82) is 0 Å². The number of hydrogen-bond acceptors (Lipinski definition) is 6. The van der Waals surface area contributed by atoms with E-state index in [4.69, 9.17) is 15.6 Å². The van der Waals surface area contributed by atoms with Gasteiger partial charge in [-0.1, -0.05) is 0 Å². The molecule has 0 amide bonds. The van der Waals surface area contributed by atoms with E-state index >= 15 is 0 Å². The van der Waals surface area contributed by atoms with E-state index in [1.807, 2.05) is 13.8 Å². The van der Waals surface area contributed by atoms with Crippen molar-refractivity contribution >= 4 is 11.7 Å². The fraction of sp³-hybridized carbons (Fsp3) is 0.333. The van der Waals surface area contributed by atoms with Crippen LogP contribution in [0.1, 0.15) is 30.0 Å². The molecule has 106 valence electrons. The Bertz CT molecular complexity index is 651. The molecule has 0 fully saturated rings. The standard InChI is InChI=1S/C12H15N5O3/c1-6(2)20-9-4-7(3)14-12(15-9)17-5-8(13)10(16-17)11(18)19/h4-6H,13H2,1-3H3,(H,18,19). The molecule has 0 saturated heterocycles. The number of carboxylic acid groups (broad SMARTS) is 1. The Balaban J connectivity index is 2.44. The van der Waals surface area contributed by atoms with Gasteiger partial charge in [0, 0.05) is 11.8 Å². The molecule has 8 nitrogen and oxygen atoms in total. The summed E-state index contributed by atoms with van der Waals surface area (Å²) in [6.07, 6.45) is 1.33. The minimum absolute atomic E-state index is 0.0329. The van der Waals surface area contributed by atoms with Crippen molar-refractivity contribution in [2.24, 2.45) is 0 Å². The zero-order valence-corrected chi connectivity index (χ0v) is 11.4. The lowest BCUT2D eigenvalue weighted by molar-refractivity contribution is 0.0691. The van der Waals surface area contributed by atoms with E-state index in [0.717, 1.165) is 0 Å². The molecule has 0 spiro atoms. The Morgan fingerprint density at radius 2 is 2.15 bits per heavy atom. The number of aromatic carboxylic acids is 1. The van der Waals surface area contributed by atoms with E-state index in [1.54, 1.807) is 13.0 Å². The average Bonchev–Trinajstić information content (AvgIpc) is 2.69. The van der Waals surface area contributed by atoms with Gasteiger partial charge in [0.25, 0.3) is 5.95 Å². The number of aryl methyl sites for hydroxylation is 1. The van der Waals surface area contributed by atoms with Crippen LogP contribution in [-0.2, 0) is 0 Å². The zero-order valence-electron chi connectivity index (χ0n) is 11.4. The monoisotopic (exact) mass is 277 g/mol. The average molecular weight is 277 g/mol. The Morgan fingerprint density at radius 1 is 1.45 bits per heavy atom. The topological polar surface area (TPSA) is 116 Å². The molecule has 2 aromatic rings. The third-order valence-electron chi connectivity index (χ3n) is 2.33. The highest BCUT2D eigenvalue weighted by Gasteiger charge is 2.16.